The van der Waals surface area contributed by atoms with Crippen LogP contribution in [0.3, 0.4) is 0 Å². The Morgan fingerprint density at radius 2 is 2.20 bits per heavy atom. The van der Waals surface area contributed by atoms with Gasteiger partial charge in [0.05, 0.1) is 18.7 Å². The van der Waals surface area contributed by atoms with Crippen molar-refractivity contribution >= 4 is 0 Å². The molecule has 2 heterocycles. The van der Waals surface area contributed by atoms with Gasteiger partial charge in [-0.15, -0.1) is 5.48 Å². The van der Waals surface area contributed by atoms with Crippen molar-refractivity contribution in [2.45, 2.75) is 18.6 Å². The zero-order valence-corrected chi connectivity index (χ0v) is 10.9. The zero-order chi connectivity index (χ0) is 14.1. The van der Waals surface area contributed by atoms with Crippen LogP contribution in [0.15, 0.2) is 30.0 Å². The highest BCUT2D eigenvalue weighted by Gasteiger charge is 2.25. The molecule has 1 aromatic carbocycles. The monoisotopic (exact) mass is 282 g/mol. The van der Waals surface area contributed by atoms with Crippen molar-refractivity contribution in [3.05, 3.63) is 47.2 Å². The smallest absolute Gasteiger partial charge is 0.159 e. The molecular formula is C14H16F2N2O2. The van der Waals surface area contributed by atoms with E-state index in [9.17, 15) is 13.9 Å². The van der Waals surface area contributed by atoms with Crippen LogP contribution in [0.25, 0.3) is 0 Å². The standard InChI is InChI=1S/C14H16F2N2O2/c15-12-2-1-9(5-13(12)16)14-6-11(20-17-14)8-18-4-3-10(19)7-18/h1-2,5-6,10,14,17,19H,3-4,7-8H2. The number of aliphatic hydroxyl groups excluding tert-OH is 1. The van der Waals surface area contributed by atoms with E-state index < -0.39 is 11.6 Å². The molecule has 2 atom stereocenters. The lowest BCUT2D eigenvalue weighted by Crippen LogP contribution is -2.25. The molecule has 2 aliphatic rings. The van der Waals surface area contributed by atoms with Crippen LogP contribution in [0.5, 0.6) is 0 Å². The topological polar surface area (TPSA) is 44.7 Å². The largest absolute Gasteiger partial charge is 0.411 e. The summed E-state index contributed by atoms with van der Waals surface area (Å²) < 4.78 is 26.1. The summed E-state index contributed by atoms with van der Waals surface area (Å²) in [5.74, 6) is -0.995. The minimum Gasteiger partial charge on any atom is -0.411 e. The molecule has 0 spiro atoms. The lowest BCUT2D eigenvalue weighted by Gasteiger charge is -2.14. The maximum Gasteiger partial charge on any atom is 0.159 e. The quantitative estimate of drug-likeness (QED) is 0.881. The van der Waals surface area contributed by atoms with Gasteiger partial charge in [0.15, 0.2) is 11.6 Å². The van der Waals surface area contributed by atoms with Crippen molar-refractivity contribution in [3.63, 3.8) is 0 Å². The van der Waals surface area contributed by atoms with E-state index in [1.54, 1.807) is 0 Å². The summed E-state index contributed by atoms with van der Waals surface area (Å²) in [6, 6.07) is 3.51. The first-order chi connectivity index (χ1) is 9.61. The minimum absolute atomic E-state index is 0.271. The lowest BCUT2D eigenvalue weighted by atomic mass is 10.1. The number of nitrogens with zero attached hydrogens (tertiary/aromatic N) is 1. The highest BCUT2D eigenvalue weighted by atomic mass is 19.2. The van der Waals surface area contributed by atoms with Crippen LogP contribution in [-0.2, 0) is 4.84 Å². The first-order valence-corrected chi connectivity index (χ1v) is 6.60. The van der Waals surface area contributed by atoms with Crippen LogP contribution in [0.2, 0.25) is 0 Å². The Kier molecular flexibility index (Phi) is 3.69. The second-order valence-corrected chi connectivity index (χ2v) is 5.18. The first kappa shape index (κ1) is 13.5. The van der Waals surface area contributed by atoms with Gasteiger partial charge in [-0.1, -0.05) is 6.07 Å². The van der Waals surface area contributed by atoms with Crippen molar-refractivity contribution in [1.29, 1.82) is 0 Å². The SMILES string of the molecule is OC1CCN(CC2=CC(c3ccc(F)c(F)c3)NO2)C1. The summed E-state index contributed by atoms with van der Waals surface area (Å²) in [6.07, 6.45) is 2.34. The summed E-state index contributed by atoms with van der Waals surface area (Å²) in [6.45, 7) is 2.07. The van der Waals surface area contributed by atoms with Crippen molar-refractivity contribution < 1.29 is 18.7 Å². The fourth-order valence-electron chi connectivity index (χ4n) is 2.52. The average molecular weight is 282 g/mol. The van der Waals surface area contributed by atoms with Gasteiger partial charge in [0.25, 0.3) is 0 Å². The fraction of sp³-hybridized carbons (Fsp3) is 0.429. The van der Waals surface area contributed by atoms with Gasteiger partial charge in [0.1, 0.15) is 5.76 Å². The molecule has 0 aromatic heterocycles. The maximum atomic E-state index is 13.2. The van der Waals surface area contributed by atoms with Gasteiger partial charge >= 0.3 is 0 Å². The predicted molar refractivity (Wildman–Crippen MR) is 68.5 cm³/mol. The van der Waals surface area contributed by atoms with Gasteiger partial charge in [0, 0.05) is 13.1 Å². The van der Waals surface area contributed by atoms with Crippen molar-refractivity contribution in [2.75, 3.05) is 19.6 Å². The third kappa shape index (κ3) is 2.82. The molecule has 2 N–H and O–H groups in total. The van der Waals surface area contributed by atoms with E-state index in [-0.39, 0.29) is 12.1 Å². The van der Waals surface area contributed by atoms with E-state index in [1.165, 1.54) is 6.07 Å². The summed E-state index contributed by atoms with van der Waals surface area (Å²) >= 11 is 0. The first-order valence-electron chi connectivity index (χ1n) is 6.60. The van der Waals surface area contributed by atoms with Crippen molar-refractivity contribution in [2.24, 2.45) is 0 Å². The number of rotatable bonds is 3. The Labute approximate surface area is 115 Å². The minimum atomic E-state index is -0.867. The Morgan fingerprint density at radius 1 is 1.35 bits per heavy atom. The molecule has 0 amide bonds. The van der Waals surface area contributed by atoms with Crippen molar-refractivity contribution in [1.82, 2.24) is 10.4 Å². The Morgan fingerprint density at radius 3 is 2.90 bits per heavy atom. The molecule has 3 rings (SSSR count). The zero-order valence-electron chi connectivity index (χ0n) is 10.9. The number of benzene rings is 1. The van der Waals surface area contributed by atoms with Gasteiger partial charge in [-0.05, 0) is 30.2 Å². The van der Waals surface area contributed by atoms with Crippen LogP contribution in [0.1, 0.15) is 18.0 Å². The normalized spacial score (nSPS) is 26.6. The maximum absolute atomic E-state index is 13.2. The summed E-state index contributed by atoms with van der Waals surface area (Å²) in [5.41, 5.74) is 3.40. The second kappa shape index (κ2) is 5.47. The number of aliphatic hydroxyl groups is 1. The summed E-state index contributed by atoms with van der Waals surface area (Å²) in [5, 5.41) is 9.47. The molecule has 1 aromatic rings. The molecule has 0 saturated carbocycles. The van der Waals surface area contributed by atoms with Crippen LogP contribution in [0.4, 0.5) is 8.78 Å². The summed E-state index contributed by atoms with van der Waals surface area (Å²) in [7, 11) is 0. The van der Waals surface area contributed by atoms with E-state index in [2.05, 4.69) is 10.4 Å². The number of hydroxylamine groups is 1. The molecule has 20 heavy (non-hydrogen) atoms. The van der Waals surface area contributed by atoms with Crippen LogP contribution < -0.4 is 5.48 Å². The third-order valence-corrected chi connectivity index (χ3v) is 3.60. The molecule has 1 fully saturated rings. The van der Waals surface area contributed by atoms with Gasteiger partial charge in [-0.3, -0.25) is 4.90 Å². The van der Waals surface area contributed by atoms with E-state index in [0.29, 0.717) is 18.7 Å². The van der Waals surface area contributed by atoms with Gasteiger partial charge < -0.3 is 9.94 Å². The molecule has 1 saturated heterocycles. The van der Waals surface area contributed by atoms with E-state index in [1.807, 2.05) is 6.08 Å². The van der Waals surface area contributed by atoms with E-state index >= 15 is 0 Å². The molecular weight excluding hydrogens is 266 g/mol. The Bertz CT molecular complexity index is 536. The number of hydrogen-bond acceptors (Lipinski definition) is 4. The highest BCUT2D eigenvalue weighted by molar-refractivity contribution is 5.26. The molecule has 0 radical (unpaired) electrons. The molecule has 0 aliphatic carbocycles. The molecule has 0 bridgehead atoms. The average Bonchev–Trinajstić information content (AvgIpc) is 3.03. The molecule has 108 valence electrons. The predicted octanol–water partition coefficient (Wildman–Crippen LogP) is 1.49. The van der Waals surface area contributed by atoms with Crippen LogP contribution in [0, 0.1) is 11.6 Å². The highest BCUT2D eigenvalue weighted by Crippen LogP contribution is 2.24. The lowest BCUT2D eigenvalue weighted by molar-refractivity contribution is 0.0975. The fourth-order valence-corrected chi connectivity index (χ4v) is 2.52. The van der Waals surface area contributed by atoms with Gasteiger partial charge in [0.2, 0.25) is 0 Å². The van der Waals surface area contributed by atoms with E-state index in [0.717, 1.165) is 30.9 Å². The second-order valence-electron chi connectivity index (χ2n) is 5.18. The van der Waals surface area contributed by atoms with Crippen molar-refractivity contribution in [3.8, 4) is 0 Å². The van der Waals surface area contributed by atoms with E-state index in [4.69, 9.17) is 4.84 Å². The number of halogens is 2. The van der Waals surface area contributed by atoms with Crippen LogP contribution >= 0.6 is 0 Å². The number of nitrogens with one attached hydrogen (secondary N) is 1. The Hall–Kier alpha value is -1.50. The summed E-state index contributed by atoms with van der Waals surface area (Å²) in [4.78, 5) is 7.45. The number of likely N-dealkylation sites (tertiary alicyclic amines) is 1. The molecule has 6 heteroatoms. The van der Waals surface area contributed by atoms with Crippen LogP contribution in [-0.4, -0.2) is 35.7 Å². The van der Waals surface area contributed by atoms with Gasteiger partial charge in [-0.2, -0.15) is 0 Å². The Balaban J connectivity index is 1.66. The molecule has 4 nitrogen and oxygen atoms in total. The van der Waals surface area contributed by atoms with Gasteiger partial charge in [-0.25, -0.2) is 8.78 Å². The number of β-amino-alcohol motifs (C(OH)–C–C–N with tert-alkyl or cyclic N) is 1. The molecule has 2 unspecified atom stereocenters. The molecule has 2 aliphatic heterocycles. The number of hydrogen-bond donors (Lipinski definition) is 2. The third-order valence-electron chi connectivity index (χ3n) is 3.60.